The van der Waals surface area contributed by atoms with Crippen LogP contribution in [0.5, 0.6) is 0 Å². The second-order valence-electron chi connectivity index (χ2n) is 5.61. The number of benzene rings is 2. The summed E-state index contributed by atoms with van der Waals surface area (Å²) in [4.78, 5) is 10.9. The molecule has 4 N–H and O–H groups in total. The SMILES string of the molecule is CC(CNCc1ccc(NCc2cccc(F)c2)cc1)C(N)=O. The number of hydrogen-bond acceptors (Lipinski definition) is 3. The van der Waals surface area contributed by atoms with Crippen LogP contribution >= 0.6 is 0 Å². The van der Waals surface area contributed by atoms with E-state index in [0.29, 0.717) is 19.6 Å². The largest absolute Gasteiger partial charge is 0.381 e. The minimum absolute atomic E-state index is 0.179. The predicted octanol–water partition coefficient (Wildman–Crippen LogP) is 2.65. The highest BCUT2D eigenvalue weighted by atomic mass is 19.1. The first kappa shape index (κ1) is 17.0. The smallest absolute Gasteiger partial charge is 0.221 e. The van der Waals surface area contributed by atoms with Crippen LogP contribution in [0.3, 0.4) is 0 Å². The summed E-state index contributed by atoms with van der Waals surface area (Å²) in [7, 11) is 0. The minimum Gasteiger partial charge on any atom is -0.381 e. The van der Waals surface area contributed by atoms with Gasteiger partial charge in [-0.2, -0.15) is 0 Å². The van der Waals surface area contributed by atoms with Gasteiger partial charge in [-0.05, 0) is 35.4 Å². The average molecular weight is 315 g/mol. The quantitative estimate of drug-likeness (QED) is 0.701. The van der Waals surface area contributed by atoms with Crippen LogP contribution in [0.25, 0.3) is 0 Å². The van der Waals surface area contributed by atoms with Crippen LogP contribution in [0.4, 0.5) is 10.1 Å². The molecule has 0 heterocycles. The zero-order valence-corrected chi connectivity index (χ0v) is 13.2. The van der Waals surface area contributed by atoms with Gasteiger partial charge in [0.05, 0.1) is 0 Å². The van der Waals surface area contributed by atoms with E-state index in [0.717, 1.165) is 16.8 Å². The monoisotopic (exact) mass is 315 g/mol. The molecule has 0 aromatic heterocycles. The van der Waals surface area contributed by atoms with Gasteiger partial charge in [-0.1, -0.05) is 31.2 Å². The van der Waals surface area contributed by atoms with Gasteiger partial charge in [0.1, 0.15) is 5.82 Å². The second kappa shape index (κ2) is 8.29. The van der Waals surface area contributed by atoms with E-state index in [2.05, 4.69) is 10.6 Å². The van der Waals surface area contributed by atoms with Crippen LogP contribution in [0.1, 0.15) is 18.1 Å². The van der Waals surface area contributed by atoms with Gasteiger partial charge in [0.15, 0.2) is 0 Å². The molecule has 1 amide bonds. The maximum atomic E-state index is 13.1. The first-order valence-corrected chi connectivity index (χ1v) is 7.62. The lowest BCUT2D eigenvalue weighted by atomic mass is 10.1. The van der Waals surface area contributed by atoms with Crippen molar-refractivity contribution in [2.45, 2.75) is 20.0 Å². The standard InChI is InChI=1S/C18H22FN3O/c1-13(18(20)23)10-21-11-14-5-7-17(8-6-14)22-12-15-3-2-4-16(19)9-15/h2-9,13,21-22H,10-12H2,1H3,(H2,20,23). The molecule has 1 unspecified atom stereocenters. The highest BCUT2D eigenvalue weighted by Gasteiger charge is 2.07. The number of nitrogens with one attached hydrogen (secondary N) is 2. The molecule has 0 aliphatic rings. The summed E-state index contributed by atoms with van der Waals surface area (Å²) >= 11 is 0. The third-order valence-corrected chi connectivity index (χ3v) is 3.60. The van der Waals surface area contributed by atoms with Crippen molar-refractivity contribution in [3.63, 3.8) is 0 Å². The van der Waals surface area contributed by atoms with Gasteiger partial charge in [0, 0.05) is 31.2 Å². The summed E-state index contributed by atoms with van der Waals surface area (Å²) in [5, 5.41) is 6.46. The maximum Gasteiger partial charge on any atom is 0.221 e. The van der Waals surface area contributed by atoms with E-state index in [4.69, 9.17) is 5.73 Å². The average Bonchev–Trinajstić information content (AvgIpc) is 2.54. The summed E-state index contributed by atoms with van der Waals surface area (Å²) in [6.07, 6.45) is 0. The van der Waals surface area contributed by atoms with Gasteiger partial charge >= 0.3 is 0 Å². The van der Waals surface area contributed by atoms with Gasteiger partial charge in [-0.25, -0.2) is 4.39 Å². The Morgan fingerprint density at radius 1 is 1.13 bits per heavy atom. The van der Waals surface area contributed by atoms with Crippen molar-refractivity contribution >= 4 is 11.6 Å². The summed E-state index contributed by atoms with van der Waals surface area (Å²) < 4.78 is 13.1. The lowest BCUT2D eigenvalue weighted by molar-refractivity contribution is -0.121. The molecule has 23 heavy (non-hydrogen) atoms. The molecule has 0 aliphatic carbocycles. The Hall–Kier alpha value is -2.40. The van der Waals surface area contributed by atoms with E-state index in [-0.39, 0.29) is 17.6 Å². The predicted molar refractivity (Wildman–Crippen MR) is 90.2 cm³/mol. The molecule has 2 aromatic rings. The zero-order chi connectivity index (χ0) is 16.7. The molecule has 0 bridgehead atoms. The summed E-state index contributed by atoms with van der Waals surface area (Å²) in [5.74, 6) is -0.701. The van der Waals surface area contributed by atoms with E-state index < -0.39 is 0 Å². The minimum atomic E-state index is -0.297. The fourth-order valence-electron chi connectivity index (χ4n) is 2.13. The van der Waals surface area contributed by atoms with Gasteiger partial charge in [0.25, 0.3) is 0 Å². The van der Waals surface area contributed by atoms with Crippen molar-refractivity contribution in [3.05, 3.63) is 65.5 Å². The van der Waals surface area contributed by atoms with Gasteiger partial charge in [-0.3, -0.25) is 4.79 Å². The molecule has 1 atom stereocenters. The van der Waals surface area contributed by atoms with Crippen LogP contribution < -0.4 is 16.4 Å². The third kappa shape index (κ3) is 5.71. The molecule has 4 nitrogen and oxygen atoms in total. The Morgan fingerprint density at radius 3 is 2.52 bits per heavy atom. The van der Waals surface area contributed by atoms with Crippen molar-refractivity contribution in [1.82, 2.24) is 5.32 Å². The molecule has 2 aromatic carbocycles. The molecule has 0 aliphatic heterocycles. The van der Waals surface area contributed by atoms with Crippen molar-refractivity contribution in [3.8, 4) is 0 Å². The molecular formula is C18H22FN3O. The lowest BCUT2D eigenvalue weighted by Crippen LogP contribution is -2.30. The molecule has 5 heteroatoms. The first-order valence-electron chi connectivity index (χ1n) is 7.62. The maximum absolute atomic E-state index is 13.1. The Bertz CT molecular complexity index is 643. The van der Waals surface area contributed by atoms with E-state index >= 15 is 0 Å². The van der Waals surface area contributed by atoms with Gasteiger partial charge in [-0.15, -0.1) is 0 Å². The Morgan fingerprint density at radius 2 is 1.87 bits per heavy atom. The summed E-state index contributed by atoms with van der Waals surface area (Å²) in [6.45, 7) is 3.62. The molecule has 122 valence electrons. The number of carbonyl (C=O) groups excluding carboxylic acids is 1. The highest BCUT2D eigenvalue weighted by Crippen LogP contribution is 2.12. The Labute approximate surface area is 135 Å². The van der Waals surface area contributed by atoms with E-state index in [9.17, 15) is 9.18 Å². The van der Waals surface area contributed by atoms with Crippen LogP contribution in [-0.4, -0.2) is 12.5 Å². The zero-order valence-electron chi connectivity index (χ0n) is 13.2. The third-order valence-electron chi connectivity index (χ3n) is 3.60. The van der Waals surface area contributed by atoms with Crippen molar-refractivity contribution < 1.29 is 9.18 Å². The molecule has 0 spiro atoms. The van der Waals surface area contributed by atoms with Crippen LogP contribution in [-0.2, 0) is 17.9 Å². The van der Waals surface area contributed by atoms with Crippen molar-refractivity contribution in [1.29, 1.82) is 0 Å². The number of halogens is 1. The van der Waals surface area contributed by atoms with E-state index in [1.165, 1.54) is 12.1 Å². The van der Waals surface area contributed by atoms with Crippen molar-refractivity contribution in [2.24, 2.45) is 11.7 Å². The summed E-state index contributed by atoms with van der Waals surface area (Å²) in [5.41, 5.74) is 8.21. The fourth-order valence-corrected chi connectivity index (χ4v) is 2.13. The molecule has 0 radical (unpaired) electrons. The van der Waals surface area contributed by atoms with Crippen LogP contribution in [0, 0.1) is 11.7 Å². The molecule has 0 fully saturated rings. The van der Waals surface area contributed by atoms with Crippen LogP contribution in [0.15, 0.2) is 48.5 Å². The van der Waals surface area contributed by atoms with E-state index in [1.54, 1.807) is 13.0 Å². The number of carbonyl (C=O) groups is 1. The Balaban J connectivity index is 1.79. The lowest BCUT2D eigenvalue weighted by Gasteiger charge is -2.10. The number of nitrogens with two attached hydrogens (primary N) is 1. The number of rotatable bonds is 8. The summed E-state index contributed by atoms with van der Waals surface area (Å²) in [6, 6.07) is 14.5. The Kier molecular flexibility index (Phi) is 6.11. The fraction of sp³-hybridized carbons (Fsp3) is 0.278. The van der Waals surface area contributed by atoms with Gasteiger partial charge in [0.2, 0.25) is 5.91 Å². The van der Waals surface area contributed by atoms with Crippen molar-refractivity contribution in [2.75, 3.05) is 11.9 Å². The van der Waals surface area contributed by atoms with Crippen LogP contribution in [0.2, 0.25) is 0 Å². The molecule has 0 saturated heterocycles. The van der Waals surface area contributed by atoms with Gasteiger partial charge < -0.3 is 16.4 Å². The number of amides is 1. The molecule has 2 rings (SSSR count). The second-order valence-corrected chi connectivity index (χ2v) is 5.61. The molecule has 0 saturated carbocycles. The normalized spacial score (nSPS) is 11.9. The molecular weight excluding hydrogens is 293 g/mol. The first-order chi connectivity index (χ1) is 11.0. The number of primary amides is 1. The topological polar surface area (TPSA) is 67.2 Å². The highest BCUT2D eigenvalue weighted by molar-refractivity contribution is 5.76. The number of anilines is 1. The number of hydrogen-bond donors (Lipinski definition) is 3. The van der Waals surface area contributed by atoms with E-state index in [1.807, 2.05) is 30.3 Å².